The van der Waals surface area contributed by atoms with E-state index in [1.54, 1.807) is 0 Å². The second-order valence-electron chi connectivity index (χ2n) is 5.53. The molecule has 0 aromatic carbocycles. The zero-order chi connectivity index (χ0) is 14.1. The molecular formula is C14H29N3O2. The number of carbonyl (C=O) groups excluding carboxylic acids is 1. The quantitative estimate of drug-likeness (QED) is 0.635. The van der Waals surface area contributed by atoms with Gasteiger partial charge in [0.15, 0.2) is 0 Å². The Morgan fingerprint density at radius 1 is 1.47 bits per heavy atom. The maximum absolute atomic E-state index is 11.7. The number of hydrogen-bond donors (Lipinski definition) is 2. The fourth-order valence-corrected chi connectivity index (χ4v) is 2.00. The molecule has 1 atom stereocenters. The van der Waals surface area contributed by atoms with Crippen molar-refractivity contribution in [3.8, 4) is 0 Å². The van der Waals surface area contributed by atoms with Crippen molar-refractivity contribution >= 4 is 5.91 Å². The lowest BCUT2D eigenvalue weighted by molar-refractivity contribution is -0.124. The molecule has 0 radical (unpaired) electrons. The lowest BCUT2D eigenvalue weighted by atomic mass is 10.2. The van der Waals surface area contributed by atoms with E-state index in [1.807, 2.05) is 0 Å². The van der Waals surface area contributed by atoms with Crippen LogP contribution in [0.1, 0.15) is 33.1 Å². The Balaban J connectivity index is 1.98. The molecule has 1 heterocycles. The van der Waals surface area contributed by atoms with Crippen molar-refractivity contribution < 1.29 is 9.53 Å². The zero-order valence-corrected chi connectivity index (χ0v) is 12.6. The molecule has 5 heteroatoms. The molecule has 112 valence electrons. The third-order valence-corrected chi connectivity index (χ3v) is 3.56. The highest BCUT2D eigenvalue weighted by molar-refractivity contribution is 5.76. The molecule has 0 aliphatic carbocycles. The van der Waals surface area contributed by atoms with Gasteiger partial charge in [0.05, 0.1) is 19.1 Å². The Morgan fingerprint density at radius 2 is 2.26 bits per heavy atom. The van der Waals surface area contributed by atoms with Crippen molar-refractivity contribution in [3.05, 3.63) is 0 Å². The normalized spacial score (nSPS) is 19.9. The first-order valence-corrected chi connectivity index (χ1v) is 7.39. The van der Waals surface area contributed by atoms with Crippen molar-refractivity contribution in [2.75, 3.05) is 39.8 Å². The molecule has 1 amide bonds. The molecule has 1 aliphatic rings. The van der Waals surface area contributed by atoms with Gasteiger partial charge in [0.25, 0.3) is 0 Å². The minimum absolute atomic E-state index is 0.0424. The molecule has 5 nitrogen and oxygen atoms in total. The standard InChI is InChI=1S/C14H29N3O2/c1-12(2)17(3)8-5-4-6-16-14(18)10-13-11-15-7-9-19-13/h12-13,15H,4-11H2,1-3H3,(H,16,18). The Bertz CT molecular complexity index is 253. The summed E-state index contributed by atoms with van der Waals surface area (Å²) in [7, 11) is 2.14. The summed E-state index contributed by atoms with van der Waals surface area (Å²) in [6, 6.07) is 0.588. The number of rotatable bonds is 8. The van der Waals surface area contributed by atoms with Gasteiger partial charge in [0.1, 0.15) is 0 Å². The topological polar surface area (TPSA) is 53.6 Å². The molecule has 0 spiro atoms. The van der Waals surface area contributed by atoms with Crippen LogP contribution < -0.4 is 10.6 Å². The highest BCUT2D eigenvalue weighted by Crippen LogP contribution is 2.01. The maximum Gasteiger partial charge on any atom is 0.222 e. The molecule has 0 saturated carbocycles. The van der Waals surface area contributed by atoms with Crippen molar-refractivity contribution in [1.82, 2.24) is 15.5 Å². The molecule has 1 aliphatic heterocycles. The Hall–Kier alpha value is -0.650. The highest BCUT2D eigenvalue weighted by Gasteiger charge is 2.16. The average molecular weight is 271 g/mol. The number of amides is 1. The van der Waals surface area contributed by atoms with Crippen LogP contribution >= 0.6 is 0 Å². The van der Waals surface area contributed by atoms with Crippen molar-refractivity contribution in [3.63, 3.8) is 0 Å². The molecule has 0 aromatic rings. The molecule has 0 bridgehead atoms. The molecule has 1 rings (SSSR count). The van der Waals surface area contributed by atoms with Crippen LogP contribution in [0.15, 0.2) is 0 Å². The highest BCUT2D eigenvalue weighted by atomic mass is 16.5. The summed E-state index contributed by atoms with van der Waals surface area (Å²) < 4.78 is 5.50. The number of ether oxygens (including phenoxy) is 1. The van der Waals surface area contributed by atoms with Gasteiger partial charge < -0.3 is 20.3 Å². The summed E-state index contributed by atoms with van der Waals surface area (Å²) in [6.45, 7) is 8.63. The average Bonchev–Trinajstić information content (AvgIpc) is 2.39. The van der Waals surface area contributed by atoms with E-state index in [2.05, 4.69) is 36.4 Å². The second-order valence-corrected chi connectivity index (χ2v) is 5.53. The van der Waals surface area contributed by atoms with Crippen LogP contribution in [0.25, 0.3) is 0 Å². The number of morpholine rings is 1. The molecule has 1 fully saturated rings. The number of nitrogens with zero attached hydrogens (tertiary/aromatic N) is 1. The van der Waals surface area contributed by atoms with Crippen molar-refractivity contribution in [2.45, 2.75) is 45.3 Å². The number of unbranched alkanes of at least 4 members (excludes halogenated alkanes) is 1. The Kier molecular flexibility index (Phi) is 8.02. The molecular weight excluding hydrogens is 242 g/mol. The van der Waals surface area contributed by atoms with Crippen molar-refractivity contribution in [2.24, 2.45) is 0 Å². The third-order valence-electron chi connectivity index (χ3n) is 3.56. The van der Waals surface area contributed by atoms with Crippen LogP contribution in [0.3, 0.4) is 0 Å². The van der Waals surface area contributed by atoms with E-state index in [-0.39, 0.29) is 12.0 Å². The van der Waals surface area contributed by atoms with Gasteiger partial charge in [-0.15, -0.1) is 0 Å². The minimum atomic E-state index is 0.0424. The van der Waals surface area contributed by atoms with Gasteiger partial charge in [-0.2, -0.15) is 0 Å². The monoisotopic (exact) mass is 271 g/mol. The van der Waals surface area contributed by atoms with Crippen LogP contribution in [0.2, 0.25) is 0 Å². The third kappa shape index (κ3) is 7.50. The first kappa shape index (κ1) is 16.4. The van der Waals surface area contributed by atoms with Gasteiger partial charge in [-0.3, -0.25) is 4.79 Å². The molecule has 1 unspecified atom stereocenters. The van der Waals surface area contributed by atoms with E-state index >= 15 is 0 Å². The number of hydrogen-bond acceptors (Lipinski definition) is 4. The van der Waals surface area contributed by atoms with Crippen molar-refractivity contribution in [1.29, 1.82) is 0 Å². The number of carbonyl (C=O) groups is 1. The van der Waals surface area contributed by atoms with E-state index in [0.717, 1.165) is 39.0 Å². The van der Waals surface area contributed by atoms with E-state index in [1.165, 1.54) is 0 Å². The Labute approximate surface area is 117 Å². The van der Waals surface area contributed by atoms with Crippen LogP contribution in [-0.2, 0) is 9.53 Å². The van der Waals surface area contributed by atoms with Gasteiger partial charge in [-0.25, -0.2) is 0 Å². The first-order chi connectivity index (χ1) is 9.09. The Morgan fingerprint density at radius 3 is 2.89 bits per heavy atom. The van der Waals surface area contributed by atoms with E-state index in [0.29, 0.717) is 19.1 Å². The molecule has 2 N–H and O–H groups in total. The molecule has 19 heavy (non-hydrogen) atoms. The lowest BCUT2D eigenvalue weighted by Crippen LogP contribution is -2.41. The fraction of sp³-hybridized carbons (Fsp3) is 0.929. The van der Waals surface area contributed by atoms with Crippen LogP contribution in [0.4, 0.5) is 0 Å². The smallest absolute Gasteiger partial charge is 0.222 e. The summed E-state index contributed by atoms with van der Waals surface area (Å²) >= 11 is 0. The van der Waals surface area contributed by atoms with Gasteiger partial charge in [-0.1, -0.05) is 0 Å². The van der Waals surface area contributed by atoms with E-state index < -0.39 is 0 Å². The SMILES string of the molecule is CC(C)N(C)CCCCNC(=O)CC1CNCCO1. The maximum atomic E-state index is 11.7. The van der Waals surface area contributed by atoms with Crippen LogP contribution in [-0.4, -0.2) is 62.8 Å². The molecule has 1 saturated heterocycles. The van der Waals surface area contributed by atoms with Gasteiger partial charge >= 0.3 is 0 Å². The predicted octanol–water partition coefficient (Wildman–Crippen LogP) is 0.602. The van der Waals surface area contributed by atoms with Gasteiger partial charge in [-0.05, 0) is 40.3 Å². The van der Waals surface area contributed by atoms with E-state index in [4.69, 9.17) is 4.74 Å². The predicted molar refractivity (Wildman–Crippen MR) is 77.2 cm³/mol. The van der Waals surface area contributed by atoms with Gasteiger partial charge in [0.2, 0.25) is 5.91 Å². The first-order valence-electron chi connectivity index (χ1n) is 7.39. The summed E-state index contributed by atoms with van der Waals surface area (Å²) in [5, 5.41) is 6.20. The van der Waals surface area contributed by atoms with E-state index in [9.17, 15) is 4.79 Å². The fourth-order valence-electron chi connectivity index (χ4n) is 2.00. The summed E-state index contributed by atoms with van der Waals surface area (Å²) in [5.41, 5.74) is 0. The second kappa shape index (κ2) is 9.28. The largest absolute Gasteiger partial charge is 0.375 e. The van der Waals surface area contributed by atoms with Crippen LogP contribution in [0.5, 0.6) is 0 Å². The summed E-state index contributed by atoms with van der Waals surface area (Å²) in [4.78, 5) is 14.0. The van der Waals surface area contributed by atoms with Gasteiger partial charge in [0, 0.05) is 25.7 Å². The zero-order valence-electron chi connectivity index (χ0n) is 12.6. The lowest BCUT2D eigenvalue weighted by Gasteiger charge is -2.23. The number of nitrogens with one attached hydrogen (secondary N) is 2. The minimum Gasteiger partial charge on any atom is -0.375 e. The summed E-state index contributed by atoms with van der Waals surface area (Å²) in [5.74, 6) is 0.103. The molecule has 0 aromatic heterocycles. The van der Waals surface area contributed by atoms with Crippen LogP contribution in [0, 0.1) is 0 Å². The summed E-state index contributed by atoms with van der Waals surface area (Å²) in [6.07, 6.45) is 2.67.